The van der Waals surface area contributed by atoms with E-state index in [2.05, 4.69) is 10.6 Å². The van der Waals surface area contributed by atoms with Crippen molar-refractivity contribution in [3.05, 3.63) is 0 Å². The number of carbonyl (C=O) groups excluding carboxylic acids is 2. The number of imide groups is 1. The number of rotatable bonds is 3. The van der Waals surface area contributed by atoms with Crippen LogP contribution in [0.15, 0.2) is 0 Å². The number of nitrogens with two attached hydrogens (primary N) is 1. The van der Waals surface area contributed by atoms with E-state index in [1.165, 1.54) is 0 Å². The van der Waals surface area contributed by atoms with Crippen LogP contribution in [-0.4, -0.2) is 48.6 Å². The van der Waals surface area contributed by atoms with Gasteiger partial charge in [0, 0.05) is 25.7 Å². The molecule has 1 unspecified atom stereocenters. The van der Waals surface area contributed by atoms with Gasteiger partial charge in [0.25, 0.3) is 0 Å². The lowest BCUT2D eigenvalue weighted by atomic mass is 10.3. The molecule has 0 aliphatic carbocycles. The summed E-state index contributed by atoms with van der Waals surface area (Å²) in [6, 6.07) is -0.612. The van der Waals surface area contributed by atoms with Crippen molar-refractivity contribution in [3.63, 3.8) is 0 Å². The first-order valence-electron chi connectivity index (χ1n) is 5.63. The Labute approximate surface area is 108 Å². The standard InChI is InChI=1S/C10H20N4O2.ClH/c1-3-12-10(16)13-9(15)7(2)14-5-4-8(11)6-14;/h7-8H,3-6,11H2,1-2H3,(H2,12,13,15,16);1H/t7?,8-;/m0./s1. The van der Waals surface area contributed by atoms with Gasteiger partial charge in [-0.25, -0.2) is 4.79 Å². The molecule has 100 valence electrons. The third kappa shape index (κ3) is 4.89. The van der Waals surface area contributed by atoms with Crippen LogP contribution in [0.3, 0.4) is 0 Å². The molecule has 1 fully saturated rings. The average molecular weight is 265 g/mol. The summed E-state index contributed by atoms with van der Waals surface area (Å²) in [5.74, 6) is -0.278. The highest BCUT2D eigenvalue weighted by molar-refractivity contribution is 5.96. The van der Waals surface area contributed by atoms with Crippen molar-refractivity contribution >= 4 is 24.3 Å². The van der Waals surface area contributed by atoms with Gasteiger partial charge < -0.3 is 11.1 Å². The molecule has 1 saturated heterocycles. The number of nitrogens with one attached hydrogen (secondary N) is 2. The van der Waals surface area contributed by atoms with Crippen molar-refractivity contribution in [2.45, 2.75) is 32.4 Å². The second-order valence-corrected chi connectivity index (χ2v) is 4.07. The quantitative estimate of drug-likeness (QED) is 0.652. The first-order chi connectivity index (χ1) is 7.54. The van der Waals surface area contributed by atoms with E-state index in [9.17, 15) is 9.59 Å². The molecule has 0 bridgehead atoms. The lowest BCUT2D eigenvalue weighted by molar-refractivity contribution is -0.124. The van der Waals surface area contributed by atoms with E-state index in [0.717, 1.165) is 13.0 Å². The van der Waals surface area contributed by atoms with Crippen molar-refractivity contribution in [2.24, 2.45) is 5.73 Å². The van der Waals surface area contributed by atoms with E-state index < -0.39 is 6.03 Å². The Kier molecular flexibility index (Phi) is 7.10. The zero-order valence-electron chi connectivity index (χ0n) is 10.2. The maximum Gasteiger partial charge on any atom is 0.321 e. The Morgan fingerprint density at radius 1 is 1.53 bits per heavy atom. The van der Waals surface area contributed by atoms with Gasteiger partial charge >= 0.3 is 6.03 Å². The first-order valence-corrected chi connectivity index (χ1v) is 5.63. The smallest absolute Gasteiger partial charge is 0.321 e. The van der Waals surface area contributed by atoms with E-state index in [-0.39, 0.29) is 30.4 Å². The molecule has 1 aliphatic rings. The number of halogens is 1. The summed E-state index contributed by atoms with van der Waals surface area (Å²) in [4.78, 5) is 24.8. The minimum Gasteiger partial charge on any atom is -0.338 e. The first kappa shape index (κ1) is 16.1. The van der Waals surface area contributed by atoms with Gasteiger partial charge in [-0.1, -0.05) is 0 Å². The Hall–Kier alpha value is -0.850. The minimum atomic E-state index is -0.442. The van der Waals surface area contributed by atoms with Crippen molar-refractivity contribution in [3.8, 4) is 0 Å². The number of hydrogen-bond donors (Lipinski definition) is 3. The predicted octanol–water partition coefficient (Wildman–Crippen LogP) is -0.325. The highest BCUT2D eigenvalue weighted by Crippen LogP contribution is 2.10. The van der Waals surface area contributed by atoms with Crippen LogP contribution in [0.5, 0.6) is 0 Å². The van der Waals surface area contributed by atoms with E-state index >= 15 is 0 Å². The fourth-order valence-corrected chi connectivity index (χ4v) is 1.75. The van der Waals surface area contributed by atoms with Crippen LogP contribution in [0.1, 0.15) is 20.3 Å². The van der Waals surface area contributed by atoms with E-state index in [0.29, 0.717) is 13.1 Å². The Bertz CT molecular complexity index is 275. The highest BCUT2D eigenvalue weighted by atomic mass is 35.5. The normalized spacial score (nSPS) is 21.5. The van der Waals surface area contributed by atoms with Crippen molar-refractivity contribution < 1.29 is 9.59 Å². The molecule has 1 aliphatic heterocycles. The molecule has 6 nitrogen and oxygen atoms in total. The summed E-state index contributed by atoms with van der Waals surface area (Å²) >= 11 is 0. The van der Waals surface area contributed by atoms with Gasteiger partial charge in [-0.05, 0) is 20.3 Å². The molecule has 4 N–H and O–H groups in total. The van der Waals surface area contributed by atoms with Gasteiger partial charge in [-0.3, -0.25) is 15.0 Å². The van der Waals surface area contributed by atoms with Crippen molar-refractivity contribution in [1.82, 2.24) is 15.5 Å². The molecule has 0 aromatic rings. The number of likely N-dealkylation sites (tertiary alicyclic amines) is 1. The van der Waals surface area contributed by atoms with Crippen LogP contribution in [0.4, 0.5) is 4.79 Å². The number of carbonyl (C=O) groups is 2. The van der Waals surface area contributed by atoms with E-state index in [1.54, 1.807) is 13.8 Å². The zero-order valence-corrected chi connectivity index (χ0v) is 11.0. The van der Waals surface area contributed by atoms with Crippen LogP contribution in [0.25, 0.3) is 0 Å². The fourth-order valence-electron chi connectivity index (χ4n) is 1.75. The van der Waals surface area contributed by atoms with Gasteiger partial charge in [-0.2, -0.15) is 0 Å². The van der Waals surface area contributed by atoms with Gasteiger partial charge in [0.1, 0.15) is 0 Å². The van der Waals surface area contributed by atoms with Gasteiger partial charge in [0.2, 0.25) is 5.91 Å². The summed E-state index contributed by atoms with van der Waals surface area (Å²) in [5, 5.41) is 4.82. The summed E-state index contributed by atoms with van der Waals surface area (Å²) in [5.41, 5.74) is 5.76. The molecule has 2 atom stereocenters. The molecule has 3 amide bonds. The molecule has 0 saturated carbocycles. The summed E-state index contributed by atoms with van der Waals surface area (Å²) in [6.45, 7) is 5.61. The monoisotopic (exact) mass is 264 g/mol. The molecule has 1 heterocycles. The largest absolute Gasteiger partial charge is 0.338 e. The van der Waals surface area contributed by atoms with Crippen molar-refractivity contribution in [2.75, 3.05) is 19.6 Å². The molecular formula is C10H21ClN4O2. The number of hydrogen-bond acceptors (Lipinski definition) is 4. The molecule has 17 heavy (non-hydrogen) atoms. The topological polar surface area (TPSA) is 87.5 Å². The molecule has 1 rings (SSSR count). The Morgan fingerprint density at radius 2 is 2.18 bits per heavy atom. The molecule has 7 heteroatoms. The van der Waals surface area contributed by atoms with Crippen LogP contribution >= 0.6 is 12.4 Å². The average Bonchev–Trinajstić information content (AvgIpc) is 2.64. The number of amides is 3. The molecule has 0 aromatic carbocycles. The summed E-state index contributed by atoms with van der Waals surface area (Å²) in [6.07, 6.45) is 0.902. The second-order valence-electron chi connectivity index (χ2n) is 4.07. The van der Waals surface area contributed by atoms with Crippen molar-refractivity contribution in [1.29, 1.82) is 0 Å². The minimum absolute atomic E-state index is 0. The van der Waals surface area contributed by atoms with Gasteiger partial charge in [0.15, 0.2) is 0 Å². The molecule has 0 aromatic heterocycles. The highest BCUT2D eigenvalue weighted by Gasteiger charge is 2.28. The maximum atomic E-state index is 11.7. The third-order valence-electron chi connectivity index (χ3n) is 2.76. The summed E-state index contributed by atoms with van der Waals surface area (Å²) < 4.78 is 0. The SMILES string of the molecule is CCNC(=O)NC(=O)C(C)N1CC[C@H](N)C1.Cl. The van der Waals surface area contributed by atoms with Gasteiger partial charge in [0.05, 0.1) is 6.04 Å². The van der Waals surface area contributed by atoms with E-state index in [4.69, 9.17) is 5.73 Å². The lowest BCUT2D eigenvalue weighted by Gasteiger charge is -2.22. The fraction of sp³-hybridized carbons (Fsp3) is 0.800. The van der Waals surface area contributed by atoms with Gasteiger partial charge in [-0.15, -0.1) is 12.4 Å². The molecule has 0 radical (unpaired) electrons. The van der Waals surface area contributed by atoms with Crippen LogP contribution < -0.4 is 16.4 Å². The second kappa shape index (κ2) is 7.47. The Morgan fingerprint density at radius 3 is 2.65 bits per heavy atom. The number of urea groups is 1. The third-order valence-corrected chi connectivity index (χ3v) is 2.76. The summed E-state index contributed by atoms with van der Waals surface area (Å²) in [7, 11) is 0. The van der Waals surface area contributed by atoms with E-state index in [1.807, 2.05) is 4.90 Å². The lowest BCUT2D eigenvalue weighted by Crippen LogP contribution is -2.49. The maximum absolute atomic E-state index is 11.7. The zero-order chi connectivity index (χ0) is 12.1. The Balaban J connectivity index is 0.00000256. The molecule has 0 spiro atoms. The predicted molar refractivity (Wildman–Crippen MR) is 68.1 cm³/mol. The van der Waals surface area contributed by atoms with Crippen LogP contribution in [0.2, 0.25) is 0 Å². The van der Waals surface area contributed by atoms with Crippen LogP contribution in [0, 0.1) is 0 Å². The molecular weight excluding hydrogens is 244 g/mol. The number of nitrogens with zero attached hydrogens (tertiary/aromatic N) is 1. The van der Waals surface area contributed by atoms with Crippen LogP contribution in [-0.2, 0) is 4.79 Å².